The number of aryl methyl sites for hydroxylation is 3. The Morgan fingerprint density at radius 2 is 2.08 bits per heavy atom. The second-order valence-electron chi connectivity index (χ2n) is 3.13. The average Bonchev–Trinajstić information content (AvgIpc) is 2.12. The molecule has 0 aliphatic rings. The second kappa shape index (κ2) is 5.22. The van der Waals surface area contributed by atoms with E-state index < -0.39 is 0 Å². The Morgan fingerprint density at radius 1 is 1.31 bits per heavy atom. The van der Waals surface area contributed by atoms with Gasteiger partial charge in [-0.05, 0) is 38.7 Å². The van der Waals surface area contributed by atoms with Gasteiger partial charge in [-0.3, -0.25) is 9.97 Å². The number of aromatic nitrogens is 2. The van der Waals surface area contributed by atoms with Gasteiger partial charge in [0.2, 0.25) is 0 Å². The highest BCUT2D eigenvalue weighted by atomic mass is 32.2. The van der Waals surface area contributed by atoms with Gasteiger partial charge in [0.05, 0.1) is 17.1 Å². The highest BCUT2D eigenvalue weighted by Gasteiger charge is 1.98. The summed E-state index contributed by atoms with van der Waals surface area (Å²) in [5, 5.41) is 0. The van der Waals surface area contributed by atoms with Crippen molar-refractivity contribution in [3.63, 3.8) is 0 Å². The van der Waals surface area contributed by atoms with Crippen LogP contribution in [-0.2, 0) is 6.42 Å². The summed E-state index contributed by atoms with van der Waals surface area (Å²) in [5.74, 6) is 1.20. The van der Waals surface area contributed by atoms with Gasteiger partial charge in [0.1, 0.15) is 0 Å². The van der Waals surface area contributed by atoms with E-state index in [4.69, 9.17) is 0 Å². The molecule has 0 aliphatic carbocycles. The molecule has 3 heteroatoms. The fourth-order valence-electron chi connectivity index (χ4n) is 1.11. The summed E-state index contributed by atoms with van der Waals surface area (Å²) in [6.45, 7) is 4.01. The Kier molecular flexibility index (Phi) is 4.22. The predicted molar refractivity (Wildman–Crippen MR) is 58.2 cm³/mol. The Bertz CT molecular complexity index is 274. The second-order valence-corrected chi connectivity index (χ2v) is 4.11. The number of nitrogens with zero attached hydrogens (tertiary/aromatic N) is 2. The molecule has 1 aromatic rings. The van der Waals surface area contributed by atoms with Crippen LogP contribution in [0.5, 0.6) is 0 Å². The quantitative estimate of drug-likeness (QED) is 0.691. The van der Waals surface area contributed by atoms with E-state index in [-0.39, 0.29) is 0 Å². The lowest BCUT2D eigenvalue weighted by Gasteiger charge is -2.02. The summed E-state index contributed by atoms with van der Waals surface area (Å²) in [6, 6.07) is 0. The normalized spacial score (nSPS) is 10.4. The van der Waals surface area contributed by atoms with Gasteiger partial charge in [0.25, 0.3) is 0 Å². The number of thioether (sulfide) groups is 1. The molecular weight excluding hydrogens is 180 g/mol. The van der Waals surface area contributed by atoms with Crippen LogP contribution in [0.25, 0.3) is 0 Å². The van der Waals surface area contributed by atoms with E-state index in [0.29, 0.717) is 0 Å². The molecule has 0 spiro atoms. The summed E-state index contributed by atoms with van der Waals surface area (Å²) in [6.07, 6.45) is 6.27. The Morgan fingerprint density at radius 3 is 2.69 bits per heavy atom. The van der Waals surface area contributed by atoms with Crippen molar-refractivity contribution in [3.8, 4) is 0 Å². The molecule has 13 heavy (non-hydrogen) atoms. The molecule has 2 nitrogen and oxygen atoms in total. The molecule has 0 aliphatic heterocycles. The van der Waals surface area contributed by atoms with Crippen LogP contribution in [0, 0.1) is 13.8 Å². The van der Waals surface area contributed by atoms with Gasteiger partial charge in [-0.15, -0.1) is 0 Å². The van der Waals surface area contributed by atoms with E-state index in [2.05, 4.69) is 16.2 Å². The smallest absolute Gasteiger partial charge is 0.0590 e. The molecule has 0 saturated heterocycles. The van der Waals surface area contributed by atoms with Crippen molar-refractivity contribution in [1.82, 2.24) is 9.97 Å². The Hall–Kier alpha value is -0.570. The molecule has 0 radical (unpaired) electrons. The molecule has 0 unspecified atom stereocenters. The third kappa shape index (κ3) is 3.35. The van der Waals surface area contributed by atoms with Gasteiger partial charge in [-0.2, -0.15) is 11.8 Å². The van der Waals surface area contributed by atoms with Gasteiger partial charge in [-0.1, -0.05) is 0 Å². The molecule has 1 aromatic heterocycles. The summed E-state index contributed by atoms with van der Waals surface area (Å²) in [7, 11) is 0. The summed E-state index contributed by atoms with van der Waals surface area (Å²) < 4.78 is 0. The van der Waals surface area contributed by atoms with Gasteiger partial charge in [0, 0.05) is 6.20 Å². The van der Waals surface area contributed by atoms with E-state index >= 15 is 0 Å². The molecule has 72 valence electrons. The highest BCUT2D eigenvalue weighted by Crippen LogP contribution is 2.05. The standard InChI is InChI=1S/C10H16N2S/c1-8-9(2)12-10(7-11-8)5-4-6-13-3/h7H,4-6H2,1-3H3. The van der Waals surface area contributed by atoms with Crippen molar-refractivity contribution in [2.24, 2.45) is 0 Å². The first-order valence-electron chi connectivity index (χ1n) is 4.52. The summed E-state index contributed by atoms with van der Waals surface area (Å²) in [4.78, 5) is 8.76. The molecule has 1 heterocycles. The molecule has 0 atom stereocenters. The minimum absolute atomic E-state index is 1.04. The average molecular weight is 196 g/mol. The van der Waals surface area contributed by atoms with Crippen molar-refractivity contribution < 1.29 is 0 Å². The fraction of sp³-hybridized carbons (Fsp3) is 0.600. The van der Waals surface area contributed by atoms with Crippen LogP contribution in [-0.4, -0.2) is 22.0 Å². The third-order valence-electron chi connectivity index (χ3n) is 2.02. The minimum Gasteiger partial charge on any atom is -0.258 e. The number of rotatable bonds is 4. The summed E-state index contributed by atoms with van der Waals surface area (Å²) >= 11 is 1.88. The SMILES string of the molecule is CSCCCc1cnc(C)c(C)n1. The van der Waals surface area contributed by atoms with E-state index in [1.165, 1.54) is 12.2 Å². The molecule has 1 rings (SSSR count). The lowest BCUT2D eigenvalue weighted by Crippen LogP contribution is -1.98. The molecule has 0 bridgehead atoms. The van der Waals surface area contributed by atoms with E-state index in [0.717, 1.165) is 23.5 Å². The molecule has 0 N–H and O–H groups in total. The van der Waals surface area contributed by atoms with Gasteiger partial charge in [0.15, 0.2) is 0 Å². The van der Waals surface area contributed by atoms with Crippen molar-refractivity contribution in [2.75, 3.05) is 12.0 Å². The van der Waals surface area contributed by atoms with Crippen LogP contribution in [0.3, 0.4) is 0 Å². The maximum absolute atomic E-state index is 4.47. The van der Waals surface area contributed by atoms with Crippen LogP contribution in [0.15, 0.2) is 6.20 Å². The molecule has 0 amide bonds. The highest BCUT2D eigenvalue weighted by molar-refractivity contribution is 7.98. The molecule has 0 aromatic carbocycles. The minimum atomic E-state index is 1.04. The maximum Gasteiger partial charge on any atom is 0.0590 e. The maximum atomic E-state index is 4.47. The van der Waals surface area contributed by atoms with Crippen molar-refractivity contribution in [2.45, 2.75) is 26.7 Å². The monoisotopic (exact) mass is 196 g/mol. The van der Waals surface area contributed by atoms with Crippen molar-refractivity contribution >= 4 is 11.8 Å². The first-order valence-corrected chi connectivity index (χ1v) is 5.91. The summed E-state index contributed by atoms with van der Waals surface area (Å²) in [5.41, 5.74) is 3.22. The van der Waals surface area contributed by atoms with Crippen molar-refractivity contribution in [3.05, 3.63) is 23.3 Å². The van der Waals surface area contributed by atoms with E-state index in [9.17, 15) is 0 Å². The Balaban J connectivity index is 2.53. The van der Waals surface area contributed by atoms with Gasteiger partial charge in [-0.25, -0.2) is 0 Å². The van der Waals surface area contributed by atoms with Crippen LogP contribution in [0.2, 0.25) is 0 Å². The lowest BCUT2D eigenvalue weighted by molar-refractivity contribution is 0.858. The van der Waals surface area contributed by atoms with Crippen LogP contribution in [0.4, 0.5) is 0 Å². The van der Waals surface area contributed by atoms with Gasteiger partial charge < -0.3 is 0 Å². The first kappa shape index (κ1) is 10.5. The third-order valence-corrected chi connectivity index (χ3v) is 2.72. The molecule has 0 saturated carbocycles. The first-order chi connectivity index (χ1) is 6.24. The predicted octanol–water partition coefficient (Wildman–Crippen LogP) is 2.39. The van der Waals surface area contributed by atoms with E-state index in [1.54, 1.807) is 0 Å². The zero-order valence-corrected chi connectivity index (χ0v) is 9.32. The largest absolute Gasteiger partial charge is 0.258 e. The fourth-order valence-corrected chi connectivity index (χ4v) is 1.54. The topological polar surface area (TPSA) is 25.8 Å². The Labute approximate surface area is 84.2 Å². The van der Waals surface area contributed by atoms with Crippen LogP contribution in [0.1, 0.15) is 23.5 Å². The zero-order valence-electron chi connectivity index (χ0n) is 8.50. The van der Waals surface area contributed by atoms with Gasteiger partial charge >= 0.3 is 0 Å². The zero-order chi connectivity index (χ0) is 9.68. The lowest BCUT2D eigenvalue weighted by atomic mass is 10.2. The molecule has 0 fully saturated rings. The van der Waals surface area contributed by atoms with Crippen LogP contribution >= 0.6 is 11.8 Å². The number of hydrogen-bond acceptors (Lipinski definition) is 3. The molecular formula is C10H16N2S. The van der Waals surface area contributed by atoms with Crippen molar-refractivity contribution in [1.29, 1.82) is 0 Å². The van der Waals surface area contributed by atoms with E-state index in [1.807, 2.05) is 31.8 Å². The van der Waals surface area contributed by atoms with Crippen LogP contribution < -0.4 is 0 Å². The number of hydrogen-bond donors (Lipinski definition) is 0.